The van der Waals surface area contributed by atoms with Gasteiger partial charge in [0.2, 0.25) is 0 Å². The summed E-state index contributed by atoms with van der Waals surface area (Å²) in [5.41, 5.74) is -3.20. The highest BCUT2D eigenvalue weighted by atomic mass is 19.1. The Morgan fingerprint density at radius 2 is 0.921 bits per heavy atom. The minimum atomic E-state index is -1.92. The van der Waals surface area contributed by atoms with E-state index in [4.69, 9.17) is 22.3 Å². The summed E-state index contributed by atoms with van der Waals surface area (Å²) in [6.07, 6.45) is 11.1. The van der Waals surface area contributed by atoms with Crippen LogP contribution in [0.25, 0.3) is 0 Å². The maximum atomic E-state index is 14.2. The molecule has 4 aromatic carbocycles. The Labute approximate surface area is 220 Å². The van der Waals surface area contributed by atoms with E-state index in [2.05, 4.69) is 11.8 Å². The average Bonchev–Trinajstić information content (AvgIpc) is 2.95. The molecule has 0 spiro atoms. The van der Waals surface area contributed by atoms with Gasteiger partial charge in [0, 0.05) is 22.3 Å². The molecule has 190 valence electrons. The van der Waals surface area contributed by atoms with Gasteiger partial charge in [0.15, 0.2) is 11.2 Å². The third-order valence-corrected chi connectivity index (χ3v) is 6.11. The van der Waals surface area contributed by atoms with Crippen LogP contribution in [0.15, 0.2) is 97.1 Å². The minimum absolute atomic E-state index is 0.00910. The van der Waals surface area contributed by atoms with Crippen molar-refractivity contribution in [1.82, 2.24) is 0 Å². The summed E-state index contributed by atoms with van der Waals surface area (Å²) in [6, 6.07) is 24.4. The van der Waals surface area contributed by atoms with Gasteiger partial charge >= 0.3 is 0 Å². The van der Waals surface area contributed by atoms with Crippen LogP contribution in [-0.2, 0) is 11.2 Å². The molecule has 6 heteroatoms. The highest BCUT2D eigenvalue weighted by Crippen LogP contribution is 2.33. The van der Waals surface area contributed by atoms with Gasteiger partial charge in [-0.2, -0.15) is 0 Å². The van der Waals surface area contributed by atoms with Crippen molar-refractivity contribution in [3.05, 3.63) is 131 Å². The summed E-state index contributed by atoms with van der Waals surface area (Å²) in [4.78, 5) is 0. The summed E-state index contributed by atoms with van der Waals surface area (Å²) >= 11 is 0. The molecule has 0 amide bonds. The van der Waals surface area contributed by atoms with Crippen molar-refractivity contribution in [1.29, 1.82) is 0 Å². The Balaban J connectivity index is 1.35. The number of halogens is 2. The molecule has 0 aliphatic carbocycles. The summed E-state index contributed by atoms with van der Waals surface area (Å²) in [5, 5.41) is 21.9. The molecule has 2 atom stereocenters. The van der Waals surface area contributed by atoms with E-state index in [1.54, 1.807) is 60.7 Å². The van der Waals surface area contributed by atoms with Gasteiger partial charge in [0.05, 0.1) is 0 Å². The van der Waals surface area contributed by atoms with Gasteiger partial charge in [-0.25, -0.2) is 8.78 Å². The normalized spacial score (nSPS) is 13.8. The molecular weight excluding hydrogens is 486 g/mol. The number of hydrogen-bond acceptors (Lipinski definition) is 4. The molecule has 4 aromatic rings. The number of terminal acetylenes is 2. The van der Waals surface area contributed by atoms with Gasteiger partial charge in [0.1, 0.15) is 36.3 Å². The minimum Gasteiger partial charge on any atom is -0.490 e. The zero-order valence-electron chi connectivity index (χ0n) is 20.3. The summed E-state index contributed by atoms with van der Waals surface area (Å²) in [7, 11) is 0. The van der Waals surface area contributed by atoms with E-state index >= 15 is 0 Å². The Morgan fingerprint density at radius 3 is 1.24 bits per heavy atom. The Kier molecular flexibility index (Phi) is 7.79. The molecule has 38 heavy (non-hydrogen) atoms. The van der Waals surface area contributed by atoms with Gasteiger partial charge in [-0.3, -0.25) is 0 Å². The first-order chi connectivity index (χ1) is 18.3. The molecule has 0 bridgehead atoms. The van der Waals surface area contributed by atoms with Gasteiger partial charge in [-0.15, -0.1) is 12.8 Å². The van der Waals surface area contributed by atoms with Crippen LogP contribution in [0, 0.1) is 36.3 Å². The van der Waals surface area contributed by atoms with Crippen LogP contribution in [-0.4, -0.2) is 23.4 Å². The molecule has 2 unspecified atom stereocenters. The quantitative estimate of drug-likeness (QED) is 0.241. The van der Waals surface area contributed by atoms with Crippen molar-refractivity contribution >= 4 is 0 Å². The van der Waals surface area contributed by atoms with Crippen LogP contribution in [0.1, 0.15) is 22.3 Å². The first-order valence-corrected chi connectivity index (χ1v) is 11.7. The molecular formula is C32H24F2O4. The molecule has 4 rings (SSSR count). The van der Waals surface area contributed by atoms with Crippen molar-refractivity contribution in [2.24, 2.45) is 0 Å². The van der Waals surface area contributed by atoms with Crippen molar-refractivity contribution in [2.45, 2.75) is 11.2 Å². The van der Waals surface area contributed by atoms with Crippen LogP contribution >= 0.6 is 0 Å². The lowest BCUT2D eigenvalue weighted by atomic mass is 9.87. The summed E-state index contributed by atoms with van der Waals surface area (Å²) in [5.74, 6) is 4.36. The first-order valence-electron chi connectivity index (χ1n) is 11.7. The molecule has 0 radical (unpaired) electrons. The highest BCUT2D eigenvalue weighted by Gasteiger charge is 2.33. The van der Waals surface area contributed by atoms with Gasteiger partial charge in [-0.05, 0) is 36.4 Å². The zero-order chi connectivity index (χ0) is 27.2. The Hall–Kier alpha value is -4.62. The van der Waals surface area contributed by atoms with Crippen LogP contribution in [0.5, 0.6) is 11.5 Å². The molecule has 0 fully saturated rings. The molecule has 4 nitrogen and oxygen atoms in total. The van der Waals surface area contributed by atoms with E-state index in [-0.39, 0.29) is 24.3 Å². The lowest BCUT2D eigenvalue weighted by Gasteiger charge is -2.24. The SMILES string of the molecule is C#CC(O)(c1ccc(OCCOc2ccc(C(O)(C#C)c3ccccc3F)cc2)cc1)c1ccccc1F. The standard InChI is InChI=1S/C32H24F2O4/c1-3-31(35,27-9-5-7-11-29(27)33)23-13-17-25(18-14-23)37-21-22-38-26-19-15-24(16-20-26)32(36,4-2)28-10-6-8-12-30(28)34/h1-2,5-20,35-36H,21-22H2. The number of benzene rings is 4. The van der Waals surface area contributed by atoms with E-state index in [9.17, 15) is 19.0 Å². The second-order valence-electron chi connectivity index (χ2n) is 8.41. The zero-order valence-corrected chi connectivity index (χ0v) is 20.3. The Bertz CT molecular complexity index is 1370. The van der Waals surface area contributed by atoms with E-state index < -0.39 is 22.8 Å². The number of rotatable bonds is 9. The van der Waals surface area contributed by atoms with Gasteiger partial charge in [-0.1, -0.05) is 72.5 Å². The van der Waals surface area contributed by atoms with Crippen molar-refractivity contribution in [2.75, 3.05) is 13.2 Å². The lowest BCUT2D eigenvalue weighted by molar-refractivity contribution is 0.140. The molecule has 0 aromatic heterocycles. The average molecular weight is 511 g/mol. The van der Waals surface area contributed by atoms with E-state index in [1.807, 2.05) is 0 Å². The first kappa shape index (κ1) is 26.4. The fourth-order valence-electron chi connectivity index (χ4n) is 4.05. The number of ether oxygens (including phenoxy) is 2. The molecule has 2 N–H and O–H groups in total. The fourth-order valence-corrected chi connectivity index (χ4v) is 4.05. The van der Waals surface area contributed by atoms with Crippen molar-refractivity contribution in [3.8, 4) is 36.2 Å². The molecule has 0 heterocycles. The fraction of sp³-hybridized carbons (Fsp3) is 0.125. The van der Waals surface area contributed by atoms with Crippen molar-refractivity contribution in [3.63, 3.8) is 0 Å². The number of aliphatic hydroxyl groups is 2. The maximum Gasteiger partial charge on any atom is 0.179 e. The molecule has 0 aliphatic heterocycles. The van der Waals surface area contributed by atoms with Gasteiger partial charge in [0.25, 0.3) is 0 Å². The second-order valence-corrected chi connectivity index (χ2v) is 8.41. The Morgan fingerprint density at radius 1 is 0.579 bits per heavy atom. The summed E-state index contributed by atoms with van der Waals surface area (Å²) in [6.45, 7) is 0.411. The van der Waals surface area contributed by atoms with Crippen LogP contribution in [0.3, 0.4) is 0 Å². The lowest BCUT2D eigenvalue weighted by Crippen LogP contribution is -2.26. The second kappa shape index (κ2) is 11.2. The van der Waals surface area contributed by atoms with Crippen LogP contribution in [0.2, 0.25) is 0 Å². The monoisotopic (exact) mass is 510 g/mol. The topological polar surface area (TPSA) is 58.9 Å². The smallest absolute Gasteiger partial charge is 0.179 e. The third kappa shape index (κ3) is 5.23. The largest absolute Gasteiger partial charge is 0.490 e. The third-order valence-electron chi connectivity index (χ3n) is 6.11. The van der Waals surface area contributed by atoms with E-state index in [0.717, 1.165) is 0 Å². The van der Waals surface area contributed by atoms with Crippen molar-refractivity contribution < 1.29 is 28.5 Å². The maximum absolute atomic E-state index is 14.2. The molecule has 0 saturated heterocycles. The predicted molar refractivity (Wildman–Crippen MR) is 140 cm³/mol. The van der Waals surface area contributed by atoms with Gasteiger partial charge < -0.3 is 19.7 Å². The number of hydrogen-bond donors (Lipinski definition) is 2. The van der Waals surface area contributed by atoms with E-state index in [1.165, 1.54) is 36.4 Å². The predicted octanol–water partition coefficient (Wildman–Crippen LogP) is 5.16. The highest BCUT2D eigenvalue weighted by molar-refractivity contribution is 5.47. The van der Waals surface area contributed by atoms with E-state index in [0.29, 0.717) is 22.6 Å². The van der Waals surface area contributed by atoms with Crippen LogP contribution < -0.4 is 9.47 Å². The molecule has 0 aliphatic rings. The summed E-state index contributed by atoms with van der Waals surface area (Å²) < 4.78 is 39.9. The van der Waals surface area contributed by atoms with Crippen LogP contribution in [0.4, 0.5) is 8.78 Å². The molecule has 0 saturated carbocycles.